The van der Waals surface area contributed by atoms with Gasteiger partial charge in [-0.25, -0.2) is 8.42 Å². The van der Waals surface area contributed by atoms with E-state index in [0.717, 1.165) is 5.56 Å². The van der Waals surface area contributed by atoms with Gasteiger partial charge in [-0.1, -0.05) is 17.7 Å². The molecule has 0 saturated carbocycles. The molecule has 2 aromatic rings. The topological polar surface area (TPSA) is 72.9 Å². The summed E-state index contributed by atoms with van der Waals surface area (Å²) in [5, 5.41) is 1.18. The van der Waals surface area contributed by atoms with Gasteiger partial charge in [0.05, 0.1) is 25.0 Å². The van der Waals surface area contributed by atoms with E-state index in [1.165, 1.54) is 10.3 Å². The summed E-state index contributed by atoms with van der Waals surface area (Å²) in [6, 6.07) is 11.9. The van der Waals surface area contributed by atoms with Crippen LogP contribution in [0.2, 0.25) is 0 Å². The van der Waals surface area contributed by atoms with E-state index in [2.05, 4.69) is 0 Å². The van der Waals surface area contributed by atoms with E-state index in [-0.39, 0.29) is 11.7 Å². The zero-order valence-corrected chi connectivity index (χ0v) is 17.6. The van der Waals surface area contributed by atoms with Crippen molar-refractivity contribution >= 4 is 21.4 Å². The third-order valence-corrected chi connectivity index (χ3v) is 5.94. The molecule has 6 nitrogen and oxygen atoms in total. The molecule has 0 radical (unpaired) electrons. The Balaban J connectivity index is 2.01. The summed E-state index contributed by atoms with van der Waals surface area (Å²) in [7, 11) is -3.32. The maximum absolute atomic E-state index is 13.5. The van der Waals surface area contributed by atoms with Gasteiger partial charge in [-0.2, -0.15) is 0 Å². The van der Waals surface area contributed by atoms with E-state index in [1.807, 2.05) is 45.0 Å². The highest BCUT2D eigenvalue weighted by Gasteiger charge is 2.32. The Kier molecular flexibility index (Phi) is 6.27. The number of rotatable bonds is 7. The Morgan fingerprint density at radius 1 is 1.03 bits per heavy atom. The maximum atomic E-state index is 13.5. The van der Waals surface area contributed by atoms with Gasteiger partial charge in [0.25, 0.3) is 5.91 Å². The lowest BCUT2D eigenvalue weighted by molar-refractivity contribution is 0.0982. The van der Waals surface area contributed by atoms with E-state index in [9.17, 15) is 13.2 Å². The molecule has 0 saturated heterocycles. The molecule has 0 aliphatic carbocycles. The minimum Gasteiger partial charge on any atom is -0.490 e. The quantitative estimate of drug-likeness (QED) is 0.689. The second-order valence-electron chi connectivity index (χ2n) is 6.76. The van der Waals surface area contributed by atoms with Crippen LogP contribution in [0.1, 0.15) is 29.8 Å². The van der Waals surface area contributed by atoms with Crippen molar-refractivity contribution in [3.05, 3.63) is 65.1 Å². The number of carbonyl (C=O) groups is 1. The molecule has 1 atom stereocenters. The second-order valence-corrected chi connectivity index (χ2v) is 8.69. The first-order chi connectivity index (χ1) is 13.8. The van der Waals surface area contributed by atoms with Crippen molar-refractivity contribution in [1.29, 1.82) is 0 Å². The minimum atomic E-state index is -3.32. The number of hydrogen-bond donors (Lipinski definition) is 0. The fraction of sp³-hybridized carbons (Fsp3) is 0.318. The highest BCUT2D eigenvalue weighted by Crippen LogP contribution is 2.31. The number of carbonyl (C=O) groups excluding carboxylic acids is 1. The molecule has 7 heteroatoms. The van der Waals surface area contributed by atoms with Gasteiger partial charge in [0, 0.05) is 16.7 Å². The van der Waals surface area contributed by atoms with Crippen LogP contribution >= 0.6 is 0 Å². The van der Waals surface area contributed by atoms with Gasteiger partial charge in [-0.05, 0) is 57.2 Å². The summed E-state index contributed by atoms with van der Waals surface area (Å²) >= 11 is 0. The van der Waals surface area contributed by atoms with Crippen LogP contribution in [0, 0.1) is 6.92 Å². The molecule has 1 aliphatic rings. The molecular formula is C22H25NO5S. The molecule has 0 aromatic heterocycles. The second kappa shape index (κ2) is 8.69. The smallest absolute Gasteiger partial charge is 0.258 e. The molecule has 0 N–H and O–H groups in total. The van der Waals surface area contributed by atoms with Crippen LogP contribution in [0.25, 0.3) is 0 Å². The third-order valence-electron chi connectivity index (χ3n) is 4.56. The Morgan fingerprint density at radius 2 is 1.69 bits per heavy atom. The highest BCUT2D eigenvalue weighted by atomic mass is 32.2. The maximum Gasteiger partial charge on any atom is 0.258 e. The average Bonchev–Trinajstić information content (AvgIpc) is 3.04. The van der Waals surface area contributed by atoms with Crippen LogP contribution < -0.4 is 14.4 Å². The van der Waals surface area contributed by atoms with Crippen LogP contribution in [0.3, 0.4) is 0 Å². The Morgan fingerprint density at radius 3 is 2.28 bits per heavy atom. The summed E-state index contributed by atoms with van der Waals surface area (Å²) in [5.41, 5.74) is 2.09. The zero-order valence-electron chi connectivity index (χ0n) is 16.8. The van der Waals surface area contributed by atoms with Crippen LogP contribution in [-0.2, 0) is 9.84 Å². The molecule has 0 bridgehead atoms. The number of amides is 1. The van der Waals surface area contributed by atoms with Crippen LogP contribution in [-0.4, -0.2) is 39.3 Å². The molecule has 1 aliphatic heterocycles. The lowest BCUT2D eigenvalue weighted by atomic mass is 10.1. The predicted octanol–water partition coefficient (Wildman–Crippen LogP) is 3.75. The van der Waals surface area contributed by atoms with Crippen molar-refractivity contribution in [2.45, 2.75) is 26.8 Å². The number of aryl methyl sites for hydroxylation is 1. The van der Waals surface area contributed by atoms with Gasteiger partial charge < -0.3 is 14.4 Å². The first kappa shape index (κ1) is 20.9. The molecular weight excluding hydrogens is 390 g/mol. The molecule has 0 spiro atoms. The van der Waals surface area contributed by atoms with Crippen LogP contribution in [0.15, 0.2) is 53.9 Å². The van der Waals surface area contributed by atoms with Gasteiger partial charge in [0.2, 0.25) is 0 Å². The molecule has 29 heavy (non-hydrogen) atoms. The monoisotopic (exact) mass is 415 g/mol. The van der Waals surface area contributed by atoms with Crippen LogP contribution in [0.4, 0.5) is 5.69 Å². The van der Waals surface area contributed by atoms with E-state index < -0.39 is 15.9 Å². The molecule has 0 fully saturated rings. The van der Waals surface area contributed by atoms with E-state index >= 15 is 0 Å². The predicted molar refractivity (Wildman–Crippen MR) is 113 cm³/mol. The number of sulfone groups is 1. The van der Waals surface area contributed by atoms with Crippen molar-refractivity contribution in [2.75, 3.05) is 23.9 Å². The molecule has 154 valence electrons. The van der Waals surface area contributed by atoms with E-state index in [1.54, 1.807) is 24.3 Å². The first-order valence-electron chi connectivity index (χ1n) is 9.55. The summed E-state index contributed by atoms with van der Waals surface area (Å²) in [5.74, 6) is 0.612. The summed E-state index contributed by atoms with van der Waals surface area (Å²) in [6.07, 6.45) is 1.56. The Hall–Kier alpha value is -2.80. The number of nitrogens with zero attached hydrogens (tertiary/aromatic N) is 1. The number of benzene rings is 2. The summed E-state index contributed by atoms with van der Waals surface area (Å²) in [6.45, 7) is 6.60. The SMILES string of the molecule is CCOc1ccc(C(=O)N(c2ccc(C)cc2)[C@H]2C=CS(=O)(=O)C2)cc1OCC. The lowest BCUT2D eigenvalue weighted by Crippen LogP contribution is -2.41. The van der Waals surface area contributed by atoms with Gasteiger partial charge in [0.15, 0.2) is 21.3 Å². The number of anilines is 1. The lowest BCUT2D eigenvalue weighted by Gasteiger charge is -2.28. The first-order valence-corrected chi connectivity index (χ1v) is 11.3. The van der Waals surface area contributed by atoms with Gasteiger partial charge in [0.1, 0.15) is 0 Å². The number of hydrogen-bond acceptors (Lipinski definition) is 5. The highest BCUT2D eigenvalue weighted by molar-refractivity contribution is 7.94. The van der Waals surface area contributed by atoms with Crippen molar-refractivity contribution in [3.63, 3.8) is 0 Å². The van der Waals surface area contributed by atoms with Crippen molar-refractivity contribution in [2.24, 2.45) is 0 Å². The fourth-order valence-electron chi connectivity index (χ4n) is 3.21. The van der Waals surface area contributed by atoms with Crippen LogP contribution in [0.5, 0.6) is 11.5 Å². The molecule has 2 aromatic carbocycles. The fourth-order valence-corrected chi connectivity index (χ4v) is 4.48. The van der Waals surface area contributed by atoms with E-state index in [0.29, 0.717) is 36.0 Å². The molecule has 3 rings (SSSR count). The molecule has 1 heterocycles. The molecule has 1 amide bonds. The Labute approximate surface area is 171 Å². The standard InChI is InChI=1S/C22H25NO5S/c1-4-27-20-11-8-17(14-21(20)28-5-2)22(24)23(18-9-6-16(3)7-10-18)19-12-13-29(25,26)15-19/h6-14,19H,4-5,15H2,1-3H3/t19-/m0/s1. The largest absolute Gasteiger partial charge is 0.490 e. The van der Waals surface area contributed by atoms with Crippen molar-refractivity contribution in [1.82, 2.24) is 0 Å². The van der Waals surface area contributed by atoms with Gasteiger partial charge in [-0.15, -0.1) is 0 Å². The minimum absolute atomic E-state index is 0.137. The normalized spacial score (nSPS) is 17.1. The third kappa shape index (κ3) is 4.79. The Bertz CT molecular complexity index is 1010. The summed E-state index contributed by atoms with van der Waals surface area (Å²) < 4.78 is 35.2. The van der Waals surface area contributed by atoms with Crippen molar-refractivity contribution in [3.8, 4) is 11.5 Å². The van der Waals surface area contributed by atoms with Gasteiger partial charge >= 0.3 is 0 Å². The number of ether oxygens (including phenoxy) is 2. The van der Waals surface area contributed by atoms with Gasteiger partial charge in [-0.3, -0.25) is 4.79 Å². The van der Waals surface area contributed by atoms with Crippen molar-refractivity contribution < 1.29 is 22.7 Å². The zero-order chi connectivity index (χ0) is 21.0. The molecule has 0 unspecified atom stereocenters. The summed E-state index contributed by atoms with van der Waals surface area (Å²) in [4.78, 5) is 15.0. The average molecular weight is 416 g/mol. The van der Waals surface area contributed by atoms with E-state index in [4.69, 9.17) is 9.47 Å².